The Balaban J connectivity index is 2.33. The highest BCUT2D eigenvalue weighted by atomic mass is 35.5. The van der Waals surface area contributed by atoms with Gasteiger partial charge < -0.3 is 10.6 Å². The molecule has 1 atom stereocenters. The highest BCUT2D eigenvalue weighted by Gasteiger charge is 2.24. The van der Waals surface area contributed by atoms with Crippen molar-refractivity contribution >= 4 is 34.8 Å². The SMILES string of the molecule is CNc1c(Cl)cc(C2CNC(=O)C2)cc1Cl. The van der Waals surface area contributed by atoms with E-state index >= 15 is 0 Å². The van der Waals surface area contributed by atoms with Gasteiger partial charge in [-0.2, -0.15) is 0 Å². The normalized spacial score (nSPS) is 19.7. The summed E-state index contributed by atoms with van der Waals surface area (Å²) in [5, 5.41) is 6.91. The molecule has 2 rings (SSSR count). The van der Waals surface area contributed by atoms with Gasteiger partial charge in [-0.15, -0.1) is 0 Å². The topological polar surface area (TPSA) is 41.1 Å². The third kappa shape index (κ3) is 2.11. The van der Waals surface area contributed by atoms with E-state index in [9.17, 15) is 4.79 Å². The molecule has 5 heteroatoms. The Hall–Kier alpha value is -0.930. The van der Waals surface area contributed by atoms with E-state index in [2.05, 4.69) is 10.6 Å². The van der Waals surface area contributed by atoms with Crippen LogP contribution in [0.4, 0.5) is 5.69 Å². The molecule has 16 heavy (non-hydrogen) atoms. The Labute approximate surface area is 104 Å². The van der Waals surface area contributed by atoms with Gasteiger partial charge in [-0.1, -0.05) is 23.2 Å². The van der Waals surface area contributed by atoms with Crippen LogP contribution >= 0.6 is 23.2 Å². The lowest BCUT2D eigenvalue weighted by Crippen LogP contribution is -2.13. The second-order valence-electron chi connectivity index (χ2n) is 3.81. The number of carbonyl (C=O) groups excluding carboxylic acids is 1. The predicted molar refractivity (Wildman–Crippen MR) is 66.4 cm³/mol. The molecule has 1 unspecified atom stereocenters. The number of hydrogen-bond donors (Lipinski definition) is 2. The van der Waals surface area contributed by atoms with Crippen LogP contribution in [0.2, 0.25) is 10.0 Å². The Morgan fingerprint density at radius 2 is 2.00 bits per heavy atom. The summed E-state index contributed by atoms with van der Waals surface area (Å²) in [5.74, 6) is 0.253. The van der Waals surface area contributed by atoms with Gasteiger partial charge in [0.25, 0.3) is 0 Å². The molecule has 86 valence electrons. The van der Waals surface area contributed by atoms with Crippen LogP contribution in [0.1, 0.15) is 17.9 Å². The molecule has 2 N–H and O–H groups in total. The summed E-state index contributed by atoms with van der Waals surface area (Å²) >= 11 is 12.2. The van der Waals surface area contributed by atoms with Crippen LogP contribution in [0.25, 0.3) is 0 Å². The van der Waals surface area contributed by atoms with Crippen LogP contribution in [0, 0.1) is 0 Å². The van der Waals surface area contributed by atoms with Gasteiger partial charge in [0, 0.05) is 25.9 Å². The monoisotopic (exact) mass is 258 g/mol. The number of rotatable bonds is 2. The molecular weight excluding hydrogens is 247 g/mol. The number of nitrogens with one attached hydrogen (secondary N) is 2. The maximum absolute atomic E-state index is 11.1. The summed E-state index contributed by atoms with van der Waals surface area (Å²) in [6, 6.07) is 3.73. The lowest BCUT2D eigenvalue weighted by Gasteiger charge is -2.12. The van der Waals surface area contributed by atoms with E-state index < -0.39 is 0 Å². The first kappa shape index (κ1) is 11.6. The smallest absolute Gasteiger partial charge is 0.220 e. The minimum Gasteiger partial charge on any atom is -0.386 e. The Morgan fingerprint density at radius 3 is 2.44 bits per heavy atom. The second kappa shape index (κ2) is 4.52. The minimum absolute atomic E-state index is 0.0786. The maximum atomic E-state index is 11.1. The summed E-state index contributed by atoms with van der Waals surface area (Å²) in [6.45, 7) is 0.657. The van der Waals surface area contributed by atoms with E-state index in [0.29, 0.717) is 23.0 Å². The molecule has 0 saturated carbocycles. The van der Waals surface area contributed by atoms with E-state index in [1.165, 1.54) is 0 Å². The molecule has 1 fully saturated rings. The molecule has 1 aromatic carbocycles. The van der Waals surface area contributed by atoms with Crippen molar-refractivity contribution in [3.05, 3.63) is 27.7 Å². The first-order chi connectivity index (χ1) is 7.61. The molecule has 1 aliphatic heterocycles. The van der Waals surface area contributed by atoms with Crippen LogP contribution in [-0.4, -0.2) is 19.5 Å². The number of benzene rings is 1. The Bertz CT molecular complexity index is 411. The van der Waals surface area contributed by atoms with Gasteiger partial charge in [-0.05, 0) is 17.7 Å². The van der Waals surface area contributed by atoms with Crippen molar-refractivity contribution < 1.29 is 4.79 Å². The van der Waals surface area contributed by atoms with Gasteiger partial charge in [0.15, 0.2) is 0 Å². The van der Waals surface area contributed by atoms with Gasteiger partial charge in [-0.3, -0.25) is 4.79 Å². The van der Waals surface area contributed by atoms with E-state index in [4.69, 9.17) is 23.2 Å². The van der Waals surface area contributed by atoms with Crippen molar-refractivity contribution in [1.29, 1.82) is 0 Å². The lowest BCUT2D eigenvalue weighted by atomic mass is 9.98. The van der Waals surface area contributed by atoms with Crippen LogP contribution in [0.5, 0.6) is 0 Å². The molecule has 1 aromatic rings. The highest BCUT2D eigenvalue weighted by molar-refractivity contribution is 6.39. The quantitative estimate of drug-likeness (QED) is 0.857. The summed E-state index contributed by atoms with van der Waals surface area (Å²) < 4.78 is 0. The number of halogens is 2. The first-order valence-corrected chi connectivity index (χ1v) is 5.80. The van der Waals surface area contributed by atoms with Crippen molar-refractivity contribution in [3.63, 3.8) is 0 Å². The zero-order valence-corrected chi connectivity index (χ0v) is 10.3. The average Bonchev–Trinajstić information content (AvgIpc) is 2.64. The van der Waals surface area contributed by atoms with E-state index in [0.717, 1.165) is 11.3 Å². The Morgan fingerprint density at radius 1 is 1.38 bits per heavy atom. The summed E-state index contributed by atoms with van der Waals surface area (Å²) in [5.41, 5.74) is 1.73. The molecule has 1 aliphatic rings. The molecule has 1 saturated heterocycles. The van der Waals surface area contributed by atoms with Crippen molar-refractivity contribution in [2.45, 2.75) is 12.3 Å². The van der Waals surface area contributed by atoms with E-state index in [1.807, 2.05) is 12.1 Å². The van der Waals surface area contributed by atoms with Crippen molar-refractivity contribution in [1.82, 2.24) is 5.32 Å². The molecule has 3 nitrogen and oxygen atoms in total. The molecular formula is C11H12Cl2N2O. The lowest BCUT2D eigenvalue weighted by molar-refractivity contribution is -0.119. The third-order valence-corrected chi connectivity index (χ3v) is 3.36. The van der Waals surface area contributed by atoms with Crippen molar-refractivity contribution in [2.75, 3.05) is 18.9 Å². The zero-order valence-electron chi connectivity index (χ0n) is 8.81. The average molecular weight is 259 g/mol. The van der Waals surface area contributed by atoms with Gasteiger partial charge in [0.2, 0.25) is 5.91 Å². The fourth-order valence-corrected chi connectivity index (χ4v) is 2.60. The fraction of sp³-hybridized carbons (Fsp3) is 0.364. The molecule has 0 spiro atoms. The Kier molecular flexibility index (Phi) is 3.26. The van der Waals surface area contributed by atoms with Crippen molar-refractivity contribution in [3.8, 4) is 0 Å². The van der Waals surface area contributed by atoms with Crippen LogP contribution in [0.3, 0.4) is 0 Å². The number of hydrogen-bond acceptors (Lipinski definition) is 2. The minimum atomic E-state index is 0.0786. The van der Waals surface area contributed by atoms with E-state index in [-0.39, 0.29) is 11.8 Å². The summed E-state index contributed by atoms with van der Waals surface area (Å²) in [6.07, 6.45) is 0.506. The second-order valence-corrected chi connectivity index (χ2v) is 4.63. The van der Waals surface area contributed by atoms with Gasteiger partial charge >= 0.3 is 0 Å². The molecule has 0 aliphatic carbocycles. The van der Waals surface area contributed by atoms with E-state index in [1.54, 1.807) is 7.05 Å². The molecule has 0 bridgehead atoms. The largest absolute Gasteiger partial charge is 0.386 e. The number of carbonyl (C=O) groups is 1. The van der Waals surface area contributed by atoms with Crippen molar-refractivity contribution in [2.24, 2.45) is 0 Å². The van der Waals surface area contributed by atoms with Crippen LogP contribution < -0.4 is 10.6 Å². The van der Waals surface area contributed by atoms with Crippen LogP contribution in [-0.2, 0) is 4.79 Å². The molecule has 0 aromatic heterocycles. The zero-order chi connectivity index (χ0) is 11.7. The van der Waals surface area contributed by atoms with Gasteiger partial charge in [0.1, 0.15) is 0 Å². The number of amides is 1. The summed E-state index contributed by atoms with van der Waals surface area (Å²) in [7, 11) is 1.77. The summed E-state index contributed by atoms with van der Waals surface area (Å²) in [4.78, 5) is 11.1. The first-order valence-electron chi connectivity index (χ1n) is 5.05. The molecule has 1 amide bonds. The predicted octanol–water partition coefficient (Wildman–Crippen LogP) is 2.64. The molecule has 1 heterocycles. The third-order valence-electron chi connectivity index (χ3n) is 2.76. The maximum Gasteiger partial charge on any atom is 0.220 e. The number of anilines is 1. The molecule has 0 radical (unpaired) electrons. The van der Waals surface area contributed by atoms with Crippen LogP contribution in [0.15, 0.2) is 12.1 Å². The van der Waals surface area contributed by atoms with Gasteiger partial charge in [-0.25, -0.2) is 0 Å². The fourth-order valence-electron chi connectivity index (χ4n) is 1.91. The highest BCUT2D eigenvalue weighted by Crippen LogP contribution is 2.35. The standard InChI is InChI=1S/C11H12Cl2N2O/c1-14-11-8(12)2-6(3-9(11)13)7-4-10(16)15-5-7/h2-3,7,14H,4-5H2,1H3,(H,15,16). The van der Waals surface area contributed by atoms with Gasteiger partial charge in [0.05, 0.1) is 15.7 Å².